The van der Waals surface area contributed by atoms with E-state index in [4.69, 9.17) is 11.6 Å². The van der Waals surface area contributed by atoms with Crippen LogP contribution in [-0.2, 0) is 6.54 Å². The smallest absolute Gasteiger partial charge is 0.258 e. The minimum Gasteiger partial charge on any atom is -0.314 e. The highest BCUT2D eigenvalue weighted by Gasteiger charge is 2.28. The van der Waals surface area contributed by atoms with Crippen molar-refractivity contribution in [3.63, 3.8) is 0 Å². The van der Waals surface area contributed by atoms with Gasteiger partial charge < -0.3 is 5.32 Å². The fraction of sp³-hybridized carbons (Fsp3) is 0.529. The van der Waals surface area contributed by atoms with Crippen LogP contribution in [0.4, 0.5) is 0 Å². The van der Waals surface area contributed by atoms with Gasteiger partial charge in [-0.2, -0.15) is 0 Å². The lowest BCUT2D eigenvalue weighted by Crippen LogP contribution is -2.49. The summed E-state index contributed by atoms with van der Waals surface area (Å²) in [6.07, 6.45) is 2.81. The van der Waals surface area contributed by atoms with Crippen LogP contribution >= 0.6 is 11.6 Å². The molecule has 0 aliphatic carbocycles. The molecule has 24 heavy (non-hydrogen) atoms. The molecule has 4 heterocycles. The maximum Gasteiger partial charge on any atom is 0.258 e. The van der Waals surface area contributed by atoms with Gasteiger partial charge in [-0.25, -0.2) is 4.98 Å². The van der Waals surface area contributed by atoms with E-state index in [9.17, 15) is 4.79 Å². The molecule has 2 fully saturated rings. The number of nitrogens with one attached hydrogen (secondary N) is 1. The second kappa shape index (κ2) is 6.80. The number of hydrogen-bond acceptors (Lipinski definition) is 5. The molecular weight excluding hydrogens is 326 g/mol. The van der Waals surface area contributed by atoms with E-state index in [-0.39, 0.29) is 5.56 Å². The molecular formula is C17H22ClN5O. The SMILES string of the molecule is O=c1cc(CN2CCC(N3CCNCC3)C2)nc2ccc(Cl)cn12. The quantitative estimate of drug-likeness (QED) is 0.891. The molecule has 0 saturated carbocycles. The van der Waals surface area contributed by atoms with E-state index in [0.29, 0.717) is 16.7 Å². The van der Waals surface area contributed by atoms with Gasteiger partial charge in [0.1, 0.15) is 5.65 Å². The second-order valence-corrected chi connectivity index (χ2v) is 7.06. The third-order valence-electron chi connectivity index (χ3n) is 4.98. The summed E-state index contributed by atoms with van der Waals surface area (Å²) in [5, 5.41) is 3.94. The van der Waals surface area contributed by atoms with Gasteiger partial charge in [-0.3, -0.25) is 19.0 Å². The Bertz CT molecular complexity index is 786. The van der Waals surface area contributed by atoms with Crippen LogP contribution < -0.4 is 10.9 Å². The molecule has 4 rings (SSSR count). The van der Waals surface area contributed by atoms with Crippen LogP contribution in [0.2, 0.25) is 5.02 Å². The average Bonchev–Trinajstić information content (AvgIpc) is 3.05. The molecule has 128 valence electrons. The normalized spacial score (nSPS) is 23.1. The Morgan fingerprint density at radius 2 is 2.08 bits per heavy atom. The summed E-state index contributed by atoms with van der Waals surface area (Å²) < 4.78 is 1.50. The summed E-state index contributed by atoms with van der Waals surface area (Å²) >= 11 is 5.95. The molecule has 0 aromatic carbocycles. The zero-order valence-corrected chi connectivity index (χ0v) is 14.4. The largest absolute Gasteiger partial charge is 0.314 e. The van der Waals surface area contributed by atoms with E-state index < -0.39 is 0 Å². The lowest BCUT2D eigenvalue weighted by molar-refractivity contribution is 0.170. The molecule has 1 atom stereocenters. The number of piperazine rings is 1. The molecule has 1 N–H and O–H groups in total. The third-order valence-corrected chi connectivity index (χ3v) is 5.20. The summed E-state index contributed by atoms with van der Waals surface area (Å²) in [7, 11) is 0. The van der Waals surface area contributed by atoms with Crippen LogP contribution in [0, 0.1) is 0 Å². The zero-order valence-electron chi connectivity index (χ0n) is 13.6. The molecule has 0 radical (unpaired) electrons. The molecule has 2 saturated heterocycles. The first-order valence-corrected chi connectivity index (χ1v) is 8.92. The molecule has 0 spiro atoms. The topological polar surface area (TPSA) is 52.9 Å². The number of hydrogen-bond donors (Lipinski definition) is 1. The van der Waals surface area contributed by atoms with Gasteiger partial charge in [-0.1, -0.05) is 11.6 Å². The van der Waals surface area contributed by atoms with Crippen molar-refractivity contribution in [2.45, 2.75) is 19.0 Å². The molecule has 0 amide bonds. The van der Waals surface area contributed by atoms with E-state index in [1.54, 1.807) is 24.4 Å². The monoisotopic (exact) mass is 347 g/mol. The number of halogens is 1. The van der Waals surface area contributed by atoms with Gasteiger partial charge in [0.25, 0.3) is 5.56 Å². The van der Waals surface area contributed by atoms with Gasteiger partial charge in [0, 0.05) is 64.1 Å². The third kappa shape index (κ3) is 3.32. The number of likely N-dealkylation sites (tertiary alicyclic amines) is 1. The zero-order chi connectivity index (χ0) is 16.5. The lowest BCUT2D eigenvalue weighted by Gasteiger charge is -2.32. The Kier molecular flexibility index (Phi) is 4.54. The molecule has 2 aliphatic rings. The fourth-order valence-corrected chi connectivity index (χ4v) is 3.90. The van der Waals surface area contributed by atoms with Crippen molar-refractivity contribution in [1.82, 2.24) is 24.5 Å². The summed E-state index contributed by atoms with van der Waals surface area (Å²) in [6, 6.07) is 5.82. The first-order valence-electron chi connectivity index (χ1n) is 8.54. The van der Waals surface area contributed by atoms with Gasteiger partial charge in [0.2, 0.25) is 0 Å². The molecule has 2 aromatic rings. The summed E-state index contributed by atoms with van der Waals surface area (Å²) in [5.41, 5.74) is 1.42. The predicted octanol–water partition coefficient (Wildman–Crippen LogP) is 0.827. The van der Waals surface area contributed by atoms with E-state index in [1.807, 2.05) is 0 Å². The van der Waals surface area contributed by atoms with Crippen LogP contribution in [-0.4, -0.2) is 64.5 Å². The van der Waals surface area contributed by atoms with Crippen molar-refractivity contribution in [1.29, 1.82) is 0 Å². The number of rotatable bonds is 3. The van der Waals surface area contributed by atoms with Gasteiger partial charge >= 0.3 is 0 Å². The first-order chi connectivity index (χ1) is 11.7. The Morgan fingerprint density at radius 1 is 1.25 bits per heavy atom. The standard InChI is InChI=1S/C17H22ClN5O/c18-13-1-2-16-20-14(9-17(24)23(16)10-13)11-21-6-3-15(12-21)22-7-4-19-5-8-22/h1-2,9-10,15,19H,3-8,11-12H2. The van der Waals surface area contributed by atoms with E-state index in [2.05, 4.69) is 20.1 Å². The summed E-state index contributed by atoms with van der Waals surface area (Å²) in [5.74, 6) is 0. The second-order valence-electron chi connectivity index (χ2n) is 6.62. The Hall–Kier alpha value is -1.47. The predicted molar refractivity (Wildman–Crippen MR) is 94.6 cm³/mol. The number of nitrogens with zero attached hydrogens (tertiary/aromatic N) is 4. The van der Waals surface area contributed by atoms with Gasteiger partial charge in [0.05, 0.1) is 10.7 Å². The summed E-state index contributed by atoms with van der Waals surface area (Å²) in [4.78, 5) is 21.9. The Balaban J connectivity index is 1.47. The fourth-order valence-electron chi connectivity index (χ4n) is 3.74. The van der Waals surface area contributed by atoms with Crippen LogP contribution in [0.25, 0.3) is 5.65 Å². The maximum absolute atomic E-state index is 12.3. The van der Waals surface area contributed by atoms with Crippen molar-refractivity contribution >= 4 is 17.2 Å². The number of aromatic nitrogens is 2. The lowest BCUT2D eigenvalue weighted by atomic mass is 10.2. The summed E-state index contributed by atoms with van der Waals surface area (Å²) in [6.45, 7) is 7.29. The maximum atomic E-state index is 12.3. The minimum atomic E-state index is -0.0737. The number of fused-ring (bicyclic) bond motifs is 1. The van der Waals surface area contributed by atoms with E-state index >= 15 is 0 Å². The highest BCUT2D eigenvalue weighted by atomic mass is 35.5. The number of pyridine rings is 1. The van der Waals surface area contributed by atoms with Crippen molar-refractivity contribution in [3.8, 4) is 0 Å². The van der Waals surface area contributed by atoms with Crippen molar-refractivity contribution in [2.24, 2.45) is 0 Å². The van der Waals surface area contributed by atoms with E-state index in [0.717, 1.165) is 51.5 Å². The van der Waals surface area contributed by atoms with E-state index in [1.165, 1.54) is 10.8 Å². The molecule has 6 nitrogen and oxygen atoms in total. The molecule has 1 unspecified atom stereocenters. The van der Waals surface area contributed by atoms with Crippen molar-refractivity contribution in [2.75, 3.05) is 39.3 Å². The van der Waals surface area contributed by atoms with Gasteiger partial charge in [-0.15, -0.1) is 0 Å². The Morgan fingerprint density at radius 3 is 2.92 bits per heavy atom. The molecule has 2 aliphatic heterocycles. The van der Waals surface area contributed by atoms with Crippen LogP contribution in [0.1, 0.15) is 12.1 Å². The molecule has 7 heteroatoms. The van der Waals surface area contributed by atoms with Gasteiger partial charge in [0.15, 0.2) is 0 Å². The Labute approximate surface area is 146 Å². The van der Waals surface area contributed by atoms with Crippen LogP contribution in [0.3, 0.4) is 0 Å². The van der Waals surface area contributed by atoms with Crippen LogP contribution in [0.15, 0.2) is 29.2 Å². The van der Waals surface area contributed by atoms with Crippen molar-refractivity contribution < 1.29 is 0 Å². The minimum absolute atomic E-state index is 0.0737. The highest BCUT2D eigenvalue weighted by molar-refractivity contribution is 6.30. The van der Waals surface area contributed by atoms with Crippen LogP contribution in [0.5, 0.6) is 0 Å². The highest BCUT2D eigenvalue weighted by Crippen LogP contribution is 2.18. The van der Waals surface area contributed by atoms with Gasteiger partial charge in [-0.05, 0) is 18.6 Å². The molecule has 2 aromatic heterocycles. The van der Waals surface area contributed by atoms with Crippen molar-refractivity contribution in [3.05, 3.63) is 45.5 Å². The molecule has 0 bridgehead atoms. The first kappa shape index (κ1) is 16.0. The average molecular weight is 348 g/mol.